The van der Waals surface area contributed by atoms with Gasteiger partial charge in [0.25, 0.3) is 5.09 Å². The largest absolute Gasteiger partial charge is 0.511 e. The maximum atomic E-state index is 13.6. The molecule has 2 rings (SSSR count). The number of rotatable bonds is 9. The van der Waals surface area contributed by atoms with Gasteiger partial charge in [-0.05, 0) is 37.6 Å². The molecular weight excluding hydrogens is 570 g/mol. The molecule has 216 valence electrons. The highest BCUT2D eigenvalue weighted by Gasteiger charge is 2.65. The standard InChI is InChI=1S/C19H19F8NO9S/c1-9-6-13(38(23,24,25,26)27)7-12-8-14(16(19(20,21)22)36-15(9)12)17(29)34-11(3)35-18(30)33-5-4-10(2)37-28(31)32/h6-8,10-11,16H,4-5H2,1-3H3. The van der Waals surface area contributed by atoms with E-state index in [1.165, 1.54) is 6.92 Å². The van der Waals surface area contributed by atoms with E-state index in [0.29, 0.717) is 0 Å². The van der Waals surface area contributed by atoms with Gasteiger partial charge in [-0.3, -0.25) is 0 Å². The first-order valence-corrected chi connectivity index (χ1v) is 12.1. The van der Waals surface area contributed by atoms with Crippen LogP contribution in [0.1, 0.15) is 31.4 Å². The lowest BCUT2D eigenvalue weighted by atomic mass is 9.99. The highest BCUT2D eigenvalue weighted by molar-refractivity contribution is 8.45. The molecule has 38 heavy (non-hydrogen) atoms. The van der Waals surface area contributed by atoms with Crippen molar-refractivity contribution in [2.24, 2.45) is 0 Å². The summed E-state index contributed by atoms with van der Waals surface area (Å²) in [5.74, 6) is -2.68. The highest BCUT2D eigenvalue weighted by atomic mass is 32.5. The van der Waals surface area contributed by atoms with Crippen LogP contribution in [0.2, 0.25) is 0 Å². The van der Waals surface area contributed by atoms with E-state index in [4.69, 9.17) is 0 Å². The van der Waals surface area contributed by atoms with Gasteiger partial charge in [-0.2, -0.15) is 13.2 Å². The van der Waals surface area contributed by atoms with Crippen molar-refractivity contribution in [3.05, 3.63) is 38.9 Å². The van der Waals surface area contributed by atoms with Crippen LogP contribution in [-0.4, -0.2) is 48.5 Å². The molecule has 0 spiro atoms. The van der Waals surface area contributed by atoms with Gasteiger partial charge in [0, 0.05) is 18.9 Å². The Balaban J connectivity index is 2.23. The molecule has 0 radical (unpaired) electrons. The van der Waals surface area contributed by atoms with Crippen molar-refractivity contribution in [3.8, 4) is 5.75 Å². The smallest absolute Gasteiger partial charge is 0.475 e. The molecule has 1 heterocycles. The molecule has 0 N–H and O–H groups in total. The number of ether oxygens (including phenoxy) is 4. The zero-order chi connectivity index (χ0) is 29.3. The minimum absolute atomic E-state index is 0.0726. The van der Waals surface area contributed by atoms with Crippen molar-refractivity contribution < 1.29 is 71.1 Å². The van der Waals surface area contributed by atoms with E-state index >= 15 is 0 Å². The topological polar surface area (TPSA) is 123 Å². The number of benzene rings is 1. The molecule has 0 aliphatic carbocycles. The number of carbonyl (C=O) groups excluding carboxylic acids is 2. The molecule has 0 aromatic heterocycles. The van der Waals surface area contributed by atoms with Crippen LogP contribution in [0.4, 0.5) is 37.4 Å². The molecule has 1 aliphatic heterocycles. The number of hydrogen-bond donors (Lipinski definition) is 0. The fourth-order valence-corrected chi connectivity index (χ4v) is 3.76. The van der Waals surface area contributed by atoms with Gasteiger partial charge >= 0.3 is 28.5 Å². The summed E-state index contributed by atoms with van der Waals surface area (Å²) in [4.78, 5) is 35.9. The van der Waals surface area contributed by atoms with E-state index < -0.39 is 86.1 Å². The van der Waals surface area contributed by atoms with Gasteiger partial charge in [-0.1, -0.05) is 19.4 Å². The van der Waals surface area contributed by atoms with Crippen molar-refractivity contribution in [3.63, 3.8) is 0 Å². The maximum Gasteiger partial charge on any atom is 0.511 e. The van der Waals surface area contributed by atoms with Crippen molar-refractivity contribution in [1.29, 1.82) is 0 Å². The van der Waals surface area contributed by atoms with Crippen LogP contribution in [-0.2, 0) is 23.8 Å². The van der Waals surface area contributed by atoms with Crippen LogP contribution in [0.3, 0.4) is 0 Å². The lowest BCUT2D eigenvalue weighted by Gasteiger charge is -2.41. The van der Waals surface area contributed by atoms with Crippen LogP contribution in [0.25, 0.3) is 6.08 Å². The molecule has 3 unspecified atom stereocenters. The molecule has 0 saturated heterocycles. The Bertz CT molecular complexity index is 1150. The first-order chi connectivity index (χ1) is 17.0. The summed E-state index contributed by atoms with van der Waals surface area (Å²) in [5, 5.41) is 9.10. The normalized spacial score (nSPS) is 18.8. The molecule has 1 aromatic carbocycles. The van der Waals surface area contributed by atoms with Crippen LogP contribution in [0.5, 0.6) is 5.75 Å². The lowest BCUT2D eigenvalue weighted by Crippen LogP contribution is -2.41. The van der Waals surface area contributed by atoms with Gasteiger partial charge in [0.15, 0.2) is 0 Å². The molecular formula is C19H19F8NO9S. The second-order valence-electron chi connectivity index (χ2n) is 7.88. The summed E-state index contributed by atoms with van der Waals surface area (Å²) in [6.07, 6.45) is -12.7. The van der Waals surface area contributed by atoms with Crippen LogP contribution in [0, 0.1) is 17.0 Å². The Morgan fingerprint density at radius 2 is 1.74 bits per heavy atom. The summed E-state index contributed by atoms with van der Waals surface area (Å²) in [7, 11) is -10.3. The molecule has 0 amide bonds. The average Bonchev–Trinajstić information content (AvgIpc) is 2.69. The third-order valence-corrected chi connectivity index (χ3v) is 5.76. The summed E-state index contributed by atoms with van der Waals surface area (Å²) in [6.45, 7) is 2.49. The maximum absolute atomic E-state index is 13.6. The van der Waals surface area contributed by atoms with Gasteiger partial charge in [0.2, 0.25) is 12.4 Å². The molecule has 1 aromatic rings. The Hall–Kier alpha value is -3.51. The van der Waals surface area contributed by atoms with E-state index in [-0.39, 0.29) is 24.6 Å². The lowest BCUT2D eigenvalue weighted by molar-refractivity contribution is -0.767. The van der Waals surface area contributed by atoms with Crippen LogP contribution >= 0.6 is 10.2 Å². The van der Waals surface area contributed by atoms with Gasteiger partial charge in [-0.15, -0.1) is 10.1 Å². The summed E-state index contributed by atoms with van der Waals surface area (Å²) >= 11 is 0. The predicted octanol–water partition coefficient (Wildman–Crippen LogP) is 6.39. The van der Waals surface area contributed by atoms with Crippen molar-refractivity contribution in [2.45, 2.75) is 56.8 Å². The van der Waals surface area contributed by atoms with E-state index in [1.807, 2.05) is 0 Å². The fourth-order valence-electron chi connectivity index (χ4n) is 3.01. The number of nitrogens with zero attached hydrogens (tertiary/aromatic N) is 1. The fraction of sp³-hybridized carbons (Fsp3) is 0.474. The Labute approximate surface area is 208 Å². The second kappa shape index (κ2) is 9.66. The van der Waals surface area contributed by atoms with Crippen molar-refractivity contribution in [2.75, 3.05) is 6.61 Å². The summed E-state index contributed by atoms with van der Waals surface area (Å²) in [6, 6.07) is -0.235. The van der Waals surface area contributed by atoms with Crippen LogP contribution < -0.4 is 4.74 Å². The van der Waals surface area contributed by atoms with E-state index in [2.05, 4.69) is 23.8 Å². The zero-order valence-electron chi connectivity index (χ0n) is 19.4. The quantitative estimate of drug-likeness (QED) is 0.106. The average molecular weight is 589 g/mol. The summed E-state index contributed by atoms with van der Waals surface area (Å²) in [5.41, 5.74) is -3.03. The Kier molecular flexibility index (Phi) is 7.81. The molecule has 3 atom stereocenters. The first-order valence-electron chi connectivity index (χ1n) is 10.2. The number of halogens is 8. The molecule has 0 fully saturated rings. The van der Waals surface area contributed by atoms with E-state index in [0.717, 1.165) is 13.8 Å². The van der Waals surface area contributed by atoms with Crippen molar-refractivity contribution >= 4 is 28.4 Å². The molecule has 10 nitrogen and oxygen atoms in total. The number of aryl methyl sites for hydroxylation is 1. The Morgan fingerprint density at radius 3 is 2.26 bits per heavy atom. The number of carbonyl (C=O) groups is 2. The minimum Gasteiger partial charge on any atom is -0.475 e. The Morgan fingerprint density at radius 1 is 1.13 bits per heavy atom. The zero-order valence-corrected chi connectivity index (χ0v) is 20.2. The molecule has 1 aliphatic rings. The second-order valence-corrected chi connectivity index (χ2v) is 10.3. The van der Waals surface area contributed by atoms with Crippen molar-refractivity contribution in [1.82, 2.24) is 0 Å². The van der Waals surface area contributed by atoms with Gasteiger partial charge in [0.05, 0.1) is 12.2 Å². The summed E-state index contributed by atoms with van der Waals surface area (Å²) < 4.78 is 125. The molecule has 0 bridgehead atoms. The number of hydrogen-bond acceptors (Lipinski definition) is 9. The predicted molar refractivity (Wildman–Crippen MR) is 111 cm³/mol. The molecule has 0 saturated carbocycles. The SMILES string of the molecule is Cc1cc(S(F)(F)(F)(F)F)cc2c1OC(C(F)(F)F)C(C(=O)OC(C)OC(=O)OCCC(C)O[N+](=O)[O-])=C2. The molecule has 19 heteroatoms. The van der Waals surface area contributed by atoms with E-state index in [9.17, 15) is 52.3 Å². The first kappa shape index (κ1) is 30.7. The monoisotopic (exact) mass is 589 g/mol. The number of fused-ring (bicyclic) bond motifs is 1. The minimum atomic E-state index is -10.3. The van der Waals surface area contributed by atoms with Gasteiger partial charge in [-0.25, -0.2) is 9.59 Å². The third kappa shape index (κ3) is 8.25. The number of alkyl halides is 3. The van der Waals surface area contributed by atoms with E-state index in [1.54, 1.807) is 0 Å². The highest BCUT2D eigenvalue weighted by Crippen LogP contribution is 3.02. The van der Waals surface area contributed by atoms with Gasteiger partial charge in [0.1, 0.15) is 16.7 Å². The van der Waals surface area contributed by atoms with Gasteiger partial charge < -0.3 is 23.8 Å². The number of esters is 1. The third-order valence-electron chi connectivity index (χ3n) is 4.63. The van der Waals surface area contributed by atoms with Crippen LogP contribution in [0.15, 0.2) is 22.6 Å².